The summed E-state index contributed by atoms with van der Waals surface area (Å²) in [6, 6.07) is 17.2. The van der Waals surface area contributed by atoms with E-state index in [1.165, 1.54) is 20.5 Å². The number of nitrogens with zero attached hydrogens (tertiary/aromatic N) is 1. The third kappa shape index (κ3) is 3.71. The monoisotopic (exact) mass is 390 g/mol. The number of benzene rings is 2. The van der Waals surface area contributed by atoms with Crippen LogP contribution in [0.4, 0.5) is 0 Å². The third-order valence-electron chi connectivity index (χ3n) is 4.71. The molecule has 0 amide bonds. The molecule has 0 aliphatic carbocycles. The molecule has 1 aliphatic heterocycles. The van der Waals surface area contributed by atoms with Gasteiger partial charge in [0.2, 0.25) is 0 Å². The van der Waals surface area contributed by atoms with Gasteiger partial charge >= 0.3 is 0 Å². The maximum absolute atomic E-state index is 6.34. The van der Waals surface area contributed by atoms with Gasteiger partial charge in [0, 0.05) is 29.2 Å². The lowest BCUT2D eigenvalue weighted by Crippen LogP contribution is -2.32. The lowest BCUT2D eigenvalue weighted by atomic mass is 10.0. The van der Waals surface area contributed by atoms with Gasteiger partial charge in [0.25, 0.3) is 0 Å². The number of nitrogens with one attached hydrogen (secondary N) is 1. The maximum atomic E-state index is 6.34. The molecule has 1 saturated heterocycles. The highest BCUT2D eigenvalue weighted by Crippen LogP contribution is 2.38. The van der Waals surface area contributed by atoms with E-state index in [1.54, 1.807) is 0 Å². The lowest BCUT2D eigenvalue weighted by Gasteiger charge is -2.30. The van der Waals surface area contributed by atoms with E-state index in [-0.39, 0.29) is 6.04 Å². The fourth-order valence-corrected chi connectivity index (χ4v) is 5.03. The van der Waals surface area contributed by atoms with Crippen LogP contribution in [0.2, 0.25) is 10.0 Å². The number of hydrogen-bond acceptors (Lipinski definition) is 3. The molecule has 1 fully saturated rings. The summed E-state index contributed by atoms with van der Waals surface area (Å²) in [5.41, 5.74) is 1.21. The first kappa shape index (κ1) is 17.3. The van der Waals surface area contributed by atoms with Crippen molar-refractivity contribution in [3.63, 3.8) is 0 Å². The van der Waals surface area contributed by atoms with Crippen LogP contribution < -0.4 is 5.32 Å². The Hall–Kier alpha value is -1.10. The summed E-state index contributed by atoms with van der Waals surface area (Å²) in [5, 5.41) is 6.04. The van der Waals surface area contributed by atoms with Crippen LogP contribution in [0.1, 0.15) is 22.9 Å². The molecule has 1 unspecified atom stereocenters. The van der Waals surface area contributed by atoms with Crippen molar-refractivity contribution in [3.8, 4) is 0 Å². The van der Waals surface area contributed by atoms with Crippen LogP contribution in [-0.2, 0) is 0 Å². The van der Waals surface area contributed by atoms with E-state index in [2.05, 4.69) is 46.6 Å². The van der Waals surface area contributed by atoms with Gasteiger partial charge in [-0.15, -0.1) is 11.3 Å². The van der Waals surface area contributed by atoms with Crippen molar-refractivity contribution >= 4 is 44.6 Å². The van der Waals surface area contributed by atoms with Crippen LogP contribution in [0.25, 0.3) is 10.1 Å². The molecule has 1 aromatic heterocycles. The Bertz CT molecular complexity index is 836. The first-order valence-corrected chi connectivity index (χ1v) is 10.2. The van der Waals surface area contributed by atoms with Gasteiger partial charge in [0.05, 0.1) is 16.1 Å². The second-order valence-corrected chi connectivity index (χ2v) is 8.33. The van der Waals surface area contributed by atoms with E-state index in [1.807, 2.05) is 23.5 Å². The van der Waals surface area contributed by atoms with Gasteiger partial charge in [-0.1, -0.05) is 47.5 Å². The molecule has 4 rings (SSSR count). The highest BCUT2D eigenvalue weighted by Gasteiger charge is 2.25. The summed E-state index contributed by atoms with van der Waals surface area (Å²) in [4.78, 5) is 3.92. The fourth-order valence-electron chi connectivity index (χ4n) is 3.50. The SMILES string of the molecule is Clc1ccc(C(c2cc3ccccc3s2)N2CCCNCC2)cc1Cl. The number of fused-ring (bicyclic) bond motifs is 1. The van der Waals surface area contributed by atoms with Crippen LogP contribution in [0.5, 0.6) is 0 Å². The number of halogens is 2. The lowest BCUT2D eigenvalue weighted by molar-refractivity contribution is 0.244. The Morgan fingerprint density at radius 2 is 1.84 bits per heavy atom. The maximum Gasteiger partial charge on any atom is 0.0697 e. The predicted molar refractivity (Wildman–Crippen MR) is 109 cm³/mol. The van der Waals surface area contributed by atoms with Gasteiger partial charge in [0.1, 0.15) is 0 Å². The van der Waals surface area contributed by atoms with Crippen molar-refractivity contribution in [2.75, 3.05) is 26.2 Å². The van der Waals surface area contributed by atoms with E-state index < -0.39 is 0 Å². The summed E-state index contributed by atoms with van der Waals surface area (Å²) in [6.45, 7) is 4.20. The van der Waals surface area contributed by atoms with Crippen molar-refractivity contribution in [3.05, 3.63) is 69.0 Å². The van der Waals surface area contributed by atoms with Gasteiger partial charge in [0.15, 0.2) is 0 Å². The Kier molecular flexibility index (Phi) is 5.30. The molecule has 2 aromatic carbocycles. The molecular weight excluding hydrogens is 371 g/mol. The summed E-state index contributed by atoms with van der Waals surface area (Å²) in [5.74, 6) is 0. The number of hydrogen-bond donors (Lipinski definition) is 1. The minimum Gasteiger partial charge on any atom is -0.315 e. The first-order chi connectivity index (χ1) is 12.2. The molecule has 0 saturated carbocycles. The largest absolute Gasteiger partial charge is 0.315 e. The average Bonchev–Trinajstić information content (AvgIpc) is 2.85. The summed E-state index contributed by atoms with van der Waals surface area (Å²) in [7, 11) is 0. The Balaban J connectivity index is 1.80. The topological polar surface area (TPSA) is 15.3 Å². The van der Waals surface area contributed by atoms with E-state index in [4.69, 9.17) is 23.2 Å². The van der Waals surface area contributed by atoms with E-state index in [9.17, 15) is 0 Å². The Morgan fingerprint density at radius 1 is 0.960 bits per heavy atom. The van der Waals surface area contributed by atoms with Crippen LogP contribution in [0.3, 0.4) is 0 Å². The Labute approximate surface area is 162 Å². The summed E-state index contributed by atoms with van der Waals surface area (Å²) >= 11 is 14.4. The predicted octanol–water partition coefficient (Wildman–Crippen LogP) is 5.59. The smallest absolute Gasteiger partial charge is 0.0697 e. The first-order valence-electron chi connectivity index (χ1n) is 8.60. The molecule has 0 spiro atoms. The fraction of sp³-hybridized carbons (Fsp3) is 0.300. The molecule has 2 nitrogen and oxygen atoms in total. The van der Waals surface area contributed by atoms with Crippen molar-refractivity contribution < 1.29 is 0 Å². The zero-order valence-corrected chi connectivity index (χ0v) is 16.2. The van der Waals surface area contributed by atoms with Crippen molar-refractivity contribution in [1.29, 1.82) is 0 Å². The van der Waals surface area contributed by atoms with Crippen LogP contribution in [0, 0.1) is 0 Å². The molecule has 3 aromatic rings. The molecule has 1 N–H and O–H groups in total. The van der Waals surface area contributed by atoms with E-state index in [0.717, 1.165) is 32.6 Å². The molecule has 0 bridgehead atoms. The van der Waals surface area contributed by atoms with Crippen molar-refractivity contribution in [1.82, 2.24) is 10.2 Å². The summed E-state index contributed by atoms with van der Waals surface area (Å²) in [6.07, 6.45) is 1.16. The van der Waals surface area contributed by atoms with Crippen LogP contribution in [0.15, 0.2) is 48.5 Å². The van der Waals surface area contributed by atoms with E-state index in [0.29, 0.717) is 10.0 Å². The quantitative estimate of drug-likeness (QED) is 0.626. The van der Waals surface area contributed by atoms with Gasteiger partial charge in [-0.05, 0) is 48.2 Å². The highest BCUT2D eigenvalue weighted by molar-refractivity contribution is 7.19. The normalized spacial score (nSPS) is 17.5. The minimum atomic E-state index is 0.215. The molecule has 25 heavy (non-hydrogen) atoms. The van der Waals surface area contributed by atoms with Crippen molar-refractivity contribution in [2.24, 2.45) is 0 Å². The van der Waals surface area contributed by atoms with Crippen molar-refractivity contribution in [2.45, 2.75) is 12.5 Å². The van der Waals surface area contributed by atoms with Crippen LogP contribution >= 0.6 is 34.5 Å². The molecular formula is C20H20Cl2N2S. The molecule has 1 atom stereocenters. The zero-order chi connectivity index (χ0) is 17.2. The van der Waals surface area contributed by atoms with Gasteiger partial charge in [-0.25, -0.2) is 0 Å². The molecule has 2 heterocycles. The second kappa shape index (κ2) is 7.65. The molecule has 130 valence electrons. The Morgan fingerprint density at radius 3 is 2.68 bits per heavy atom. The number of thiophene rings is 1. The molecule has 1 aliphatic rings. The van der Waals surface area contributed by atoms with Gasteiger partial charge in [-0.3, -0.25) is 4.90 Å². The zero-order valence-electron chi connectivity index (χ0n) is 13.8. The van der Waals surface area contributed by atoms with Gasteiger partial charge in [-0.2, -0.15) is 0 Å². The molecule has 0 radical (unpaired) electrons. The number of rotatable bonds is 3. The second-order valence-electron chi connectivity index (χ2n) is 6.40. The van der Waals surface area contributed by atoms with E-state index >= 15 is 0 Å². The third-order valence-corrected chi connectivity index (χ3v) is 6.62. The average molecular weight is 391 g/mol. The highest BCUT2D eigenvalue weighted by atomic mass is 35.5. The van der Waals surface area contributed by atoms with Crippen LogP contribution in [-0.4, -0.2) is 31.1 Å². The van der Waals surface area contributed by atoms with Gasteiger partial charge < -0.3 is 5.32 Å². The molecule has 5 heteroatoms. The standard InChI is InChI=1S/C20H20Cl2N2S/c21-16-7-6-15(12-17(16)22)20(24-10-3-8-23-9-11-24)19-13-14-4-1-2-5-18(14)25-19/h1-2,4-7,12-13,20,23H,3,8-11H2. The summed E-state index contributed by atoms with van der Waals surface area (Å²) < 4.78 is 1.33. The minimum absolute atomic E-state index is 0.215.